The van der Waals surface area contributed by atoms with Crippen molar-refractivity contribution in [3.63, 3.8) is 0 Å². The van der Waals surface area contributed by atoms with Crippen molar-refractivity contribution >= 4 is 15.9 Å². The summed E-state index contributed by atoms with van der Waals surface area (Å²) in [6, 6.07) is 8.18. The molecule has 0 saturated carbocycles. The second-order valence-electron chi connectivity index (χ2n) is 4.98. The number of halogens is 1. The lowest BCUT2D eigenvalue weighted by Crippen LogP contribution is -2.29. The fraction of sp³-hybridized carbons (Fsp3) is 0.429. The number of rotatable bonds is 4. The van der Waals surface area contributed by atoms with E-state index < -0.39 is 0 Å². The van der Waals surface area contributed by atoms with Gasteiger partial charge in [-0.15, -0.1) is 0 Å². The summed E-state index contributed by atoms with van der Waals surface area (Å²) < 4.78 is 11.8. The van der Waals surface area contributed by atoms with Crippen LogP contribution in [-0.2, 0) is 11.3 Å². The minimum Gasteiger partial charge on any atom is -0.377 e. The number of nitrogens with zero attached hydrogens (tertiary/aromatic N) is 2. The highest BCUT2D eigenvalue weighted by molar-refractivity contribution is 9.10. The zero-order chi connectivity index (χ0) is 13.9. The van der Waals surface area contributed by atoms with Crippen LogP contribution in [-0.4, -0.2) is 28.9 Å². The maximum Gasteiger partial charge on any atom is 0.258 e. The average Bonchev–Trinajstić information content (AvgIpc) is 3.05. The van der Waals surface area contributed by atoms with Crippen molar-refractivity contribution in [3.8, 4) is 11.5 Å². The van der Waals surface area contributed by atoms with Crippen LogP contribution in [0.15, 0.2) is 33.3 Å². The molecule has 1 aliphatic heterocycles. The second kappa shape index (κ2) is 6.03. The van der Waals surface area contributed by atoms with Crippen molar-refractivity contribution < 1.29 is 9.26 Å². The lowest BCUT2D eigenvalue weighted by Gasteiger charge is -2.07. The minimum atomic E-state index is 0.329. The van der Waals surface area contributed by atoms with E-state index in [1.807, 2.05) is 24.3 Å². The molecule has 2 heterocycles. The lowest BCUT2D eigenvalue weighted by atomic mass is 10.2. The molecule has 0 bridgehead atoms. The van der Waals surface area contributed by atoms with Crippen LogP contribution in [0.4, 0.5) is 0 Å². The molecule has 1 aliphatic rings. The van der Waals surface area contributed by atoms with Crippen LogP contribution in [0.1, 0.15) is 19.2 Å². The number of hydrogen-bond acceptors (Lipinski definition) is 5. The zero-order valence-electron chi connectivity index (χ0n) is 11.2. The predicted octanol–water partition coefficient (Wildman–Crippen LogP) is 2.77. The van der Waals surface area contributed by atoms with Gasteiger partial charge in [0.15, 0.2) is 5.82 Å². The van der Waals surface area contributed by atoms with Gasteiger partial charge in [0.1, 0.15) is 0 Å². The molecule has 2 unspecified atom stereocenters. The third kappa shape index (κ3) is 3.26. The second-order valence-corrected chi connectivity index (χ2v) is 5.90. The van der Waals surface area contributed by atoms with Gasteiger partial charge in [0.2, 0.25) is 0 Å². The minimum absolute atomic E-state index is 0.329. The molecule has 0 radical (unpaired) electrons. The van der Waals surface area contributed by atoms with Crippen LogP contribution in [0.3, 0.4) is 0 Å². The third-order valence-electron chi connectivity index (χ3n) is 3.29. The maximum absolute atomic E-state index is 5.51. The SMILES string of the molecule is CC1CC(NCc2noc(-c3cccc(Br)c3)n2)CO1. The van der Waals surface area contributed by atoms with Crippen LogP contribution in [0.25, 0.3) is 11.5 Å². The van der Waals surface area contributed by atoms with E-state index in [-0.39, 0.29) is 0 Å². The molecule has 1 saturated heterocycles. The van der Waals surface area contributed by atoms with E-state index in [1.165, 1.54) is 0 Å². The molecule has 6 heteroatoms. The summed E-state index contributed by atoms with van der Waals surface area (Å²) in [7, 11) is 0. The summed E-state index contributed by atoms with van der Waals surface area (Å²) in [6.45, 7) is 3.43. The highest BCUT2D eigenvalue weighted by Gasteiger charge is 2.21. The third-order valence-corrected chi connectivity index (χ3v) is 3.78. The van der Waals surface area contributed by atoms with Gasteiger partial charge >= 0.3 is 0 Å². The van der Waals surface area contributed by atoms with Crippen molar-refractivity contribution in [3.05, 3.63) is 34.6 Å². The Morgan fingerprint density at radius 1 is 1.45 bits per heavy atom. The summed E-state index contributed by atoms with van der Waals surface area (Å²) in [4.78, 5) is 4.40. The van der Waals surface area contributed by atoms with Crippen molar-refractivity contribution in [2.24, 2.45) is 0 Å². The maximum atomic E-state index is 5.51. The Kier molecular flexibility index (Phi) is 4.14. The van der Waals surface area contributed by atoms with Crippen LogP contribution >= 0.6 is 15.9 Å². The number of nitrogens with one attached hydrogen (secondary N) is 1. The quantitative estimate of drug-likeness (QED) is 0.929. The lowest BCUT2D eigenvalue weighted by molar-refractivity contribution is 0.122. The molecule has 0 aliphatic carbocycles. The van der Waals surface area contributed by atoms with Gasteiger partial charge in [-0.1, -0.05) is 27.2 Å². The highest BCUT2D eigenvalue weighted by Crippen LogP contribution is 2.21. The first-order valence-electron chi connectivity index (χ1n) is 6.64. The van der Waals surface area contributed by atoms with E-state index in [4.69, 9.17) is 9.26 Å². The van der Waals surface area contributed by atoms with Gasteiger partial charge in [0, 0.05) is 16.1 Å². The number of benzene rings is 1. The number of ether oxygens (including phenoxy) is 1. The van der Waals surface area contributed by atoms with Gasteiger partial charge in [0.25, 0.3) is 5.89 Å². The predicted molar refractivity (Wildman–Crippen MR) is 78.1 cm³/mol. The molecule has 1 aromatic carbocycles. The molecule has 1 aromatic heterocycles. The molecule has 1 fully saturated rings. The van der Waals surface area contributed by atoms with Crippen molar-refractivity contribution in [2.75, 3.05) is 6.61 Å². The molecule has 0 spiro atoms. The molecular formula is C14H16BrN3O2. The van der Waals surface area contributed by atoms with E-state index in [1.54, 1.807) is 0 Å². The Labute approximate surface area is 125 Å². The van der Waals surface area contributed by atoms with Crippen LogP contribution in [0.5, 0.6) is 0 Å². The molecule has 0 amide bonds. The topological polar surface area (TPSA) is 60.2 Å². The Balaban J connectivity index is 1.62. The molecule has 3 rings (SSSR count). The molecule has 5 nitrogen and oxygen atoms in total. The fourth-order valence-corrected chi connectivity index (χ4v) is 2.66. The molecular weight excluding hydrogens is 322 g/mol. The monoisotopic (exact) mass is 337 g/mol. The smallest absolute Gasteiger partial charge is 0.258 e. The van der Waals surface area contributed by atoms with E-state index in [2.05, 4.69) is 38.3 Å². The van der Waals surface area contributed by atoms with Crippen molar-refractivity contribution in [2.45, 2.75) is 32.0 Å². The summed E-state index contributed by atoms with van der Waals surface area (Å²) in [5, 5.41) is 7.38. The Bertz CT molecular complexity index is 587. The molecule has 1 N–H and O–H groups in total. The molecule has 106 valence electrons. The van der Waals surface area contributed by atoms with Crippen LogP contribution in [0, 0.1) is 0 Å². The first-order valence-corrected chi connectivity index (χ1v) is 7.43. The van der Waals surface area contributed by atoms with Gasteiger partial charge in [-0.3, -0.25) is 0 Å². The summed E-state index contributed by atoms with van der Waals surface area (Å²) in [6.07, 6.45) is 1.35. The summed E-state index contributed by atoms with van der Waals surface area (Å²) >= 11 is 3.43. The Morgan fingerprint density at radius 3 is 3.10 bits per heavy atom. The zero-order valence-corrected chi connectivity index (χ0v) is 12.8. The number of aromatic nitrogens is 2. The van der Waals surface area contributed by atoms with Gasteiger partial charge in [-0.05, 0) is 31.5 Å². The van der Waals surface area contributed by atoms with E-state index in [0.717, 1.165) is 23.1 Å². The van der Waals surface area contributed by atoms with E-state index in [0.29, 0.717) is 30.4 Å². The standard InChI is InChI=1S/C14H16BrN3O2/c1-9-5-12(8-19-9)16-7-13-17-14(20-18-13)10-3-2-4-11(15)6-10/h2-4,6,9,12,16H,5,7-8H2,1H3. The number of hydrogen-bond donors (Lipinski definition) is 1. The van der Waals surface area contributed by atoms with Gasteiger partial charge in [-0.2, -0.15) is 4.98 Å². The highest BCUT2D eigenvalue weighted by atomic mass is 79.9. The van der Waals surface area contributed by atoms with Crippen LogP contribution < -0.4 is 5.32 Å². The molecule has 2 aromatic rings. The summed E-state index contributed by atoms with van der Waals surface area (Å²) in [5.41, 5.74) is 0.913. The largest absolute Gasteiger partial charge is 0.377 e. The summed E-state index contributed by atoms with van der Waals surface area (Å²) in [5.74, 6) is 1.21. The molecule has 2 atom stereocenters. The van der Waals surface area contributed by atoms with Gasteiger partial charge < -0.3 is 14.6 Å². The van der Waals surface area contributed by atoms with Gasteiger partial charge in [-0.25, -0.2) is 0 Å². The van der Waals surface area contributed by atoms with Gasteiger partial charge in [0.05, 0.1) is 19.3 Å². The van der Waals surface area contributed by atoms with Crippen molar-refractivity contribution in [1.82, 2.24) is 15.5 Å². The Hall–Kier alpha value is -1.24. The first-order chi connectivity index (χ1) is 9.70. The van der Waals surface area contributed by atoms with Crippen LogP contribution in [0.2, 0.25) is 0 Å². The normalized spacial score (nSPS) is 22.3. The van der Waals surface area contributed by atoms with Crippen molar-refractivity contribution in [1.29, 1.82) is 0 Å². The fourth-order valence-electron chi connectivity index (χ4n) is 2.26. The Morgan fingerprint density at radius 2 is 2.35 bits per heavy atom. The van der Waals surface area contributed by atoms with E-state index in [9.17, 15) is 0 Å². The van der Waals surface area contributed by atoms with E-state index >= 15 is 0 Å². The first kappa shape index (κ1) is 13.7. The average molecular weight is 338 g/mol. The molecule has 20 heavy (non-hydrogen) atoms.